The number of fused-ring (bicyclic) bond motifs is 2. The van der Waals surface area contributed by atoms with E-state index in [0.29, 0.717) is 12.0 Å². The summed E-state index contributed by atoms with van der Waals surface area (Å²) in [4.78, 5) is 11.1. The molecule has 0 saturated carbocycles. The fourth-order valence-electron chi connectivity index (χ4n) is 2.64. The SMILES string of the molecule is C1=C2CN(c3ccnc(Nc4cn[nH]c4)n3)C[C@H](C1)N2. The number of hydrogen-bond donors (Lipinski definition) is 3. The van der Waals surface area contributed by atoms with Crippen LogP contribution in [0.4, 0.5) is 17.5 Å². The second-order valence-electron chi connectivity index (χ2n) is 5.04. The lowest BCUT2D eigenvalue weighted by atomic mass is 10.2. The van der Waals surface area contributed by atoms with Crippen molar-refractivity contribution >= 4 is 17.5 Å². The zero-order valence-electron chi connectivity index (χ0n) is 10.9. The van der Waals surface area contributed by atoms with E-state index in [0.717, 1.165) is 31.0 Å². The Morgan fingerprint density at radius 3 is 3.25 bits per heavy atom. The van der Waals surface area contributed by atoms with Gasteiger partial charge in [-0.25, -0.2) is 4.98 Å². The van der Waals surface area contributed by atoms with Gasteiger partial charge in [-0.1, -0.05) is 6.08 Å². The highest BCUT2D eigenvalue weighted by atomic mass is 15.3. The van der Waals surface area contributed by atoms with E-state index in [4.69, 9.17) is 0 Å². The van der Waals surface area contributed by atoms with Crippen molar-refractivity contribution < 1.29 is 0 Å². The number of aromatic amines is 1. The predicted molar refractivity (Wildman–Crippen MR) is 75.7 cm³/mol. The second-order valence-corrected chi connectivity index (χ2v) is 5.04. The molecule has 3 N–H and O–H groups in total. The molecule has 1 atom stereocenters. The first kappa shape index (κ1) is 11.3. The van der Waals surface area contributed by atoms with Crippen molar-refractivity contribution in [2.45, 2.75) is 12.5 Å². The fourth-order valence-corrected chi connectivity index (χ4v) is 2.64. The maximum atomic E-state index is 4.58. The number of hydrogen-bond acceptors (Lipinski definition) is 6. The topological polar surface area (TPSA) is 81.8 Å². The highest BCUT2D eigenvalue weighted by Crippen LogP contribution is 2.23. The van der Waals surface area contributed by atoms with Crippen LogP contribution in [0, 0.1) is 0 Å². The molecule has 2 bridgehead atoms. The average Bonchev–Trinajstić information content (AvgIpc) is 3.09. The third-order valence-corrected chi connectivity index (χ3v) is 3.56. The summed E-state index contributed by atoms with van der Waals surface area (Å²) in [5.41, 5.74) is 2.15. The summed E-state index contributed by atoms with van der Waals surface area (Å²) in [7, 11) is 0. The molecule has 2 aliphatic rings. The summed E-state index contributed by atoms with van der Waals surface area (Å²) >= 11 is 0. The molecule has 7 nitrogen and oxygen atoms in total. The quantitative estimate of drug-likeness (QED) is 0.771. The van der Waals surface area contributed by atoms with Crippen LogP contribution in [-0.4, -0.2) is 39.3 Å². The highest BCUT2D eigenvalue weighted by Gasteiger charge is 2.26. The maximum absolute atomic E-state index is 4.58. The lowest BCUT2D eigenvalue weighted by Gasteiger charge is -2.32. The zero-order chi connectivity index (χ0) is 13.4. The summed E-state index contributed by atoms with van der Waals surface area (Å²) in [6.45, 7) is 1.86. The summed E-state index contributed by atoms with van der Waals surface area (Å²) < 4.78 is 0. The monoisotopic (exact) mass is 269 g/mol. The molecular formula is C13H15N7. The molecule has 2 aliphatic heterocycles. The number of H-pyrrole nitrogens is 1. The molecule has 4 rings (SSSR count). The molecule has 0 aliphatic carbocycles. The van der Waals surface area contributed by atoms with E-state index in [-0.39, 0.29) is 0 Å². The third kappa shape index (κ3) is 2.07. The minimum Gasteiger partial charge on any atom is -0.382 e. The Morgan fingerprint density at radius 2 is 2.40 bits per heavy atom. The molecule has 2 aromatic heterocycles. The van der Waals surface area contributed by atoms with Gasteiger partial charge in [-0.15, -0.1) is 0 Å². The molecule has 0 unspecified atom stereocenters. The Morgan fingerprint density at radius 1 is 1.40 bits per heavy atom. The van der Waals surface area contributed by atoms with Crippen LogP contribution in [0.15, 0.2) is 36.4 Å². The lowest BCUT2D eigenvalue weighted by Crippen LogP contribution is -2.46. The minimum atomic E-state index is 0.513. The van der Waals surface area contributed by atoms with Crippen LogP contribution in [-0.2, 0) is 0 Å². The van der Waals surface area contributed by atoms with Crippen LogP contribution < -0.4 is 15.5 Å². The van der Waals surface area contributed by atoms with Crippen LogP contribution in [0.1, 0.15) is 6.42 Å². The number of anilines is 3. The van der Waals surface area contributed by atoms with Crippen LogP contribution in [0.5, 0.6) is 0 Å². The highest BCUT2D eigenvalue weighted by molar-refractivity contribution is 5.53. The van der Waals surface area contributed by atoms with Crippen molar-refractivity contribution in [3.05, 3.63) is 36.4 Å². The third-order valence-electron chi connectivity index (χ3n) is 3.56. The van der Waals surface area contributed by atoms with E-state index in [9.17, 15) is 0 Å². The van der Waals surface area contributed by atoms with Gasteiger partial charge in [0.15, 0.2) is 0 Å². The largest absolute Gasteiger partial charge is 0.382 e. The van der Waals surface area contributed by atoms with Gasteiger partial charge in [-0.3, -0.25) is 5.10 Å². The van der Waals surface area contributed by atoms with Crippen LogP contribution in [0.3, 0.4) is 0 Å². The van der Waals surface area contributed by atoms with Gasteiger partial charge < -0.3 is 15.5 Å². The minimum absolute atomic E-state index is 0.513. The van der Waals surface area contributed by atoms with Crippen molar-refractivity contribution in [1.82, 2.24) is 25.5 Å². The van der Waals surface area contributed by atoms with Gasteiger partial charge in [0.05, 0.1) is 18.4 Å². The lowest BCUT2D eigenvalue weighted by molar-refractivity contribution is 0.545. The van der Waals surface area contributed by atoms with Gasteiger partial charge in [0.2, 0.25) is 5.95 Å². The molecule has 0 amide bonds. The molecule has 2 aromatic rings. The Kier molecular flexibility index (Phi) is 2.55. The summed E-state index contributed by atoms with van der Waals surface area (Å²) in [5, 5.41) is 13.3. The van der Waals surface area contributed by atoms with Gasteiger partial charge in [0.25, 0.3) is 0 Å². The van der Waals surface area contributed by atoms with Gasteiger partial charge in [-0.05, 0) is 12.5 Å². The Labute approximate surface area is 116 Å². The molecule has 102 valence electrons. The molecule has 0 spiro atoms. The maximum Gasteiger partial charge on any atom is 0.229 e. The van der Waals surface area contributed by atoms with E-state index in [1.165, 1.54) is 5.70 Å². The smallest absolute Gasteiger partial charge is 0.229 e. The molecule has 0 aromatic carbocycles. The van der Waals surface area contributed by atoms with Crippen LogP contribution in [0.25, 0.3) is 0 Å². The predicted octanol–water partition coefficient (Wildman–Crippen LogP) is 1.01. The molecule has 1 saturated heterocycles. The zero-order valence-corrected chi connectivity index (χ0v) is 10.9. The fraction of sp³-hybridized carbons (Fsp3) is 0.308. The molecule has 0 radical (unpaired) electrons. The van der Waals surface area contributed by atoms with Crippen molar-refractivity contribution in [3.63, 3.8) is 0 Å². The van der Waals surface area contributed by atoms with Gasteiger partial charge in [0, 0.05) is 30.7 Å². The molecule has 4 heterocycles. The van der Waals surface area contributed by atoms with E-state index >= 15 is 0 Å². The Balaban J connectivity index is 1.55. The van der Waals surface area contributed by atoms with Crippen molar-refractivity contribution in [3.8, 4) is 0 Å². The Bertz CT molecular complexity index is 634. The molecular weight excluding hydrogens is 254 g/mol. The van der Waals surface area contributed by atoms with E-state index in [2.05, 4.69) is 41.8 Å². The molecule has 7 heteroatoms. The molecule has 1 fully saturated rings. The standard InChI is InChI=1S/C13H15N7/c1-2-10-8-20(7-9(1)17-10)12-3-4-14-13(19-12)18-11-5-15-16-6-11/h1,3-6,10,17H,2,7-8H2,(H,15,16)(H,14,18,19)/t10-/m0/s1. The van der Waals surface area contributed by atoms with Gasteiger partial charge in [0.1, 0.15) is 5.82 Å². The number of aromatic nitrogens is 4. The number of nitrogens with one attached hydrogen (secondary N) is 3. The van der Waals surface area contributed by atoms with E-state index < -0.39 is 0 Å². The van der Waals surface area contributed by atoms with E-state index in [1.807, 2.05) is 6.07 Å². The number of rotatable bonds is 3. The number of piperazine rings is 1. The summed E-state index contributed by atoms with van der Waals surface area (Å²) in [5.74, 6) is 1.54. The first-order valence-corrected chi connectivity index (χ1v) is 6.66. The second kappa shape index (κ2) is 4.52. The summed E-state index contributed by atoms with van der Waals surface area (Å²) in [6.07, 6.45) is 8.63. The van der Waals surface area contributed by atoms with Crippen LogP contribution >= 0.6 is 0 Å². The average molecular weight is 269 g/mol. The van der Waals surface area contributed by atoms with E-state index in [1.54, 1.807) is 18.6 Å². The molecule has 20 heavy (non-hydrogen) atoms. The van der Waals surface area contributed by atoms with Gasteiger partial charge in [-0.2, -0.15) is 10.1 Å². The Hall–Kier alpha value is -2.57. The van der Waals surface area contributed by atoms with Crippen molar-refractivity contribution in [1.29, 1.82) is 0 Å². The van der Waals surface area contributed by atoms with Crippen LogP contribution in [0.2, 0.25) is 0 Å². The normalized spacial score (nSPS) is 20.5. The first-order chi connectivity index (χ1) is 9.87. The van der Waals surface area contributed by atoms with Crippen molar-refractivity contribution in [2.75, 3.05) is 23.3 Å². The number of nitrogens with zero attached hydrogens (tertiary/aromatic N) is 4. The van der Waals surface area contributed by atoms with Gasteiger partial charge >= 0.3 is 0 Å². The summed E-state index contributed by atoms with van der Waals surface area (Å²) in [6, 6.07) is 2.46. The van der Waals surface area contributed by atoms with Crippen molar-refractivity contribution in [2.24, 2.45) is 0 Å². The first-order valence-electron chi connectivity index (χ1n) is 6.66.